The molecule has 0 spiro atoms. The van der Waals surface area contributed by atoms with Gasteiger partial charge in [0.05, 0.1) is 0 Å². The van der Waals surface area contributed by atoms with Crippen LogP contribution in [0.4, 0.5) is 0 Å². The molecule has 1 aromatic carbocycles. The quantitative estimate of drug-likeness (QED) is 0.857. The molecule has 1 atom stereocenters. The van der Waals surface area contributed by atoms with Crippen molar-refractivity contribution in [3.63, 3.8) is 0 Å². The molecule has 100 valence electrons. The number of rotatable bonds is 5. The molecule has 0 saturated heterocycles. The van der Waals surface area contributed by atoms with Crippen molar-refractivity contribution < 1.29 is 9.90 Å². The SMILES string of the molecule is CC(N)(CCn1ccnc1-c1ccccc1)C(=O)O. The van der Waals surface area contributed by atoms with Gasteiger partial charge in [0.2, 0.25) is 0 Å². The number of hydrogen-bond donors (Lipinski definition) is 2. The number of nitrogens with two attached hydrogens (primary N) is 1. The summed E-state index contributed by atoms with van der Waals surface area (Å²) in [4.78, 5) is 15.3. The van der Waals surface area contributed by atoms with Gasteiger partial charge >= 0.3 is 5.97 Å². The fraction of sp³-hybridized carbons (Fsp3) is 0.286. The number of aromatic nitrogens is 2. The molecule has 0 aliphatic carbocycles. The van der Waals surface area contributed by atoms with E-state index in [2.05, 4.69) is 4.98 Å². The van der Waals surface area contributed by atoms with E-state index in [1.165, 1.54) is 6.92 Å². The number of hydrogen-bond acceptors (Lipinski definition) is 3. The minimum absolute atomic E-state index is 0.346. The lowest BCUT2D eigenvalue weighted by atomic mass is 10.00. The van der Waals surface area contributed by atoms with E-state index in [1.54, 1.807) is 6.20 Å². The normalized spacial score (nSPS) is 14.0. The number of carboxylic acids is 1. The van der Waals surface area contributed by atoms with Crippen LogP contribution in [-0.4, -0.2) is 26.2 Å². The van der Waals surface area contributed by atoms with Gasteiger partial charge in [0.25, 0.3) is 0 Å². The third-order valence-corrected chi connectivity index (χ3v) is 3.11. The standard InChI is InChI=1S/C14H17N3O2/c1-14(15,13(18)19)7-9-17-10-8-16-12(17)11-5-3-2-4-6-11/h2-6,8,10H,7,9,15H2,1H3,(H,18,19). The maximum Gasteiger partial charge on any atom is 0.323 e. The van der Waals surface area contributed by atoms with Crippen LogP contribution in [0.5, 0.6) is 0 Å². The second kappa shape index (κ2) is 5.24. The van der Waals surface area contributed by atoms with E-state index in [9.17, 15) is 4.79 Å². The monoisotopic (exact) mass is 259 g/mol. The van der Waals surface area contributed by atoms with E-state index in [4.69, 9.17) is 10.8 Å². The number of benzene rings is 1. The van der Waals surface area contributed by atoms with Gasteiger partial charge in [-0.2, -0.15) is 0 Å². The Morgan fingerprint density at radius 1 is 1.42 bits per heavy atom. The number of nitrogens with zero attached hydrogens (tertiary/aromatic N) is 2. The molecule has 0 amide bonds. The lowest BCUT2D eigenvalue weighted by molar-refractivity contribution is -0.143. The highest BCUT2D eigenvalue weighted by Crippen LogP contribution is 2.18. The summed E-state index contributed by atoms with van der Waals surface area (Å²) in [5.41, 5.74) is 5.51. The largest absolute Gasteiger partial charge is 0.480 e. The molecule has 0 bridgehead atoms. The Balaban J connectivity index is 2.16. The van der Waals surface area contributed by atoms with Crippen molar-refractivity contribution in [2.24, 2.45) is 5.73 Å². The third-order valence-electron chi connectivity index (χ3n) is 3.11. The highest BCUT2D eigenvalue weighted by molar-refractivity contribution is 5.77. The molecule has 5 heteroatoms. The van der Waals surface area contributed by atoms with Gasteiger partial charge in [-0.15, -0.1) is 0 Å². The molecule has 1 heterocycles. The van der Waals surface area contributed by atoms with Gasteiger partial charge in [-0.1, -0.05) is 30.3 Å². The van der Waals surface area contributed by atoms with Crippen LogP contribution in [0, 0.1) is 0 Å². The fourth-order valence-electron chi connectivity index (χ4n) is 1.80. The Morgan fingerprint density at radius 3 is 2.74 bits per heavy atom. The summed E-state index contributed by atoms with van der Waals surface area (Å²) in [6.07, 6.45) is 3.88. The summed E-state index contributed by atoms with van der Waals surface area (Å²) >= 11 is 0. The van der Waals surface area contributed by atoms with Crippen LogP contribution in [-0.2, 0) is 11.3 Å². The Labute approximate surface area is 111 Å². The number of carboxylic acid groups (broad SMARTS) is 1. The van der Waals surface area contributed by atoms with Gasteiger partial charge in [-0.25, -0.2) is 4.98 Å². The number of aliphatic carboxylic acids is 1. The van der Waals surface area contributed by atoms with Gasteiger partial charge in [0.15, 0.2) is 0 Å². The summed E-state index contributed by atoms with van der Waals surface area (Å²) < 4.78 is 1.92. The van der Waals surface area contributed by atoms with Gasteiger partial charge in [0, 0.05) is 24.5 Å². The van der Waals surface area contributed by atoms with Crippen LogP contribution in [0.3, 0.4) is 0 Å². The zero-order valence-electron chi connectivity index (χ0n) is 10.8. The van der Waals surface area contributed by atoms with Crippen LogP contribution < -0.4 is 5.73 Å². The first kappa shape index (κ1) is 13.3. The molecule has 0 saturated carbocycles. The van der Waals surface area contributed by atoms with Crippen molar-refractivity contribution in [1.82, 2.24) is 9.55 Å². The molecule has 5 nitrogen and oxygen atoms in total. The minimum atomic E-state index is -1.22. The van der Waals surface area contributed by atoms with E-state index >= 15 is 0 Å². The van der Waals surface area contributed by atoms with Crippen molar-refractivity contribution in [3.05, 3.63) is 42.7 Å². The van der Waals surface area contributed by atoms with Gasteiger partial charge in [-0.3, -0.25) is 4.79 Å². The van der Waals surface area contributed by atoms with Crippen LogP contribution >= 0.6 is 0 Å². The van der Waals surface area contributed by atoms with Crippen LogP contribution in [0.25, 0.3) is 11.4 Å². The maximum atomic E-state index is 11.0. The lowest BCUT2D eigenvalue weighted by Crippen LogP contribution is -2.45. The second-order valence-electron chi connectivity index (χ2n) is 4.78. The van der Waals surface area contributed by atoms with Crippen molar-refractivity contribution in [1.29, 1.82) is 0 Å². The average Bonchev–Trinajstić information content (AvgIpc) is 2.85. The van der Waals surface area contributed by atoms with Crippen molar-refractivity contribution in [2.45, 2.75) is 25.4 Å². The minimum Gasteiger partial charge on any atom is -0.480 e. The summed E-state index contributed by atoms with van der Waals surface area (Å²) in [6, 6.07) is 9.77. The molecule has 19 heavy (non-hydrogen) atoms. The molecule has 1 aromatic heterocycles. The Hall–Kier alpha value is -2.14. The maximum absolute atomic E-state index is 11.0. The lowest BCUT2D eigenvalue weighted by Gasteiger charge is -2.19. The van der Waals surface area contributed by atoms with Gasteiger partial charge in [-0.05, 0) is 13.3 Å². The third kappa shape index (κ3) is 3.00. The number of aryl methyl sites for hydroxylation is 1. The molecule has 2 rings (SSSR count). The molecule has 0 aliphatic rings. The molecular formula is C14H17N3O2. The van der Waals surface area contributed by atoms with E-state index in [0.717, 1.165) is 11.4 Å². The van der Waals surface area contributed by atoms with Crippen LogP contribution in [0.1, 0.15) is 13.3 Å². The molecule has 3 N–H and O–H groups in total. The van der Waals surface area contributed by atoms with E-state index in [1.807, 2.05) is 41.1 Å². The first-order valence-electron chi connectivity index (χ1n) is 6.09. The van der Waals surface area contributed by atoms with Gasteiger partial charge < -0.3 is 15.4 Å². The Morgan fingerprint density at radius 2 is 2.11 bits per heavy atom. The van der Waals surface area contributed by atoms with Gasteiger partial charge in [0.1, 0.15) is 11.4 Å². The average molecular weight is 259 g/mol. The molecule has 2 aromatic rings. The molecule has 0 aliphatic heterocycles. The van der Waals surface area contributed by atoms with Crippen molar-refractivity contribution in [3.8, 4) is 11.4 Å². The van der Waals surface area contributed by atoms with E-state index in [0.29, 0.717) is 13.0 Å². The highest BCUT2D eigenvalue weighted by Gasteiger charge is 2.27. The topological polar surface area (TPSA) is 81.1 Å². The van der Waals surface area contributed by atoms with Crippen LogP contribution in [0.15, 0.2) is 42.7 Å². The highest BCUT2D eigenvalue weighted by atomic mass is 16.4. The summed E-state index contributed by atoms with van der Waals surface area (Å²) in [5.74, 6) is -0.171. The first-order valence-corrected chi connectivity index (χ1v) is 6.09. The predicted molar refractivity (Wildman–Crippen MR) is 72.5 cm³/mol. The predicted octanol–water partition coefficient (Wildman–Crippen LogP) is 1.74. The molecular weight excluding hydrogens is 242 g/mol. The molecule has 0 radical (unpaired) electrons. The fourth-order valence-corrected chi connectivity index (χ4v) is 1.80. The smallest absolute Gasteiger partial charge is 0.323 e. The van der Waals surface area contributed by atoms with E-state index in [-0.39, 0.29) is 0 Å². The summed E-state index contributed by atoms with van der Waals surface area (Å²) in [7, 11) is 0. The molecule has 0 fully saturated rings. The summed E-state index contributed by atoms with van der Waals surface area (Å²) in [6.45, 7) is 2.04. The Kier molecular flexibility index (Phi) is 3.66. The summed E-state index contributed by atoms with van der Waals surface area (Å²) in [5, 5.41) is 9.01. The zero-order valence-corrected chi connectivity index (χ0v) is 10.8. The molecule has 1 unspecified atom stereocenters. The van der Waals surface area contributed by atoms with Crippen molar-refractivity contribution >= 4 is 5.97 Å². The van der Waals surface area contributed by atoms with E-state index < -0.39 is 11.5 Å². The number of carbonyl (C=O) groups is 1. The Bertz CT molecular complexity index is 561. The van der Waals surface area contributed by atoms with Crippen molar-refractivity contribution in [2.75, 3.05) is 0 Å². The number of imidazole rings is 1. The zero-order chi connectivity index (χ0) is 13.9. The second-order valence-corrected chi connectivity index (χ2v) is 4.78. The first-order chi connectivity index (χ1) is 9.00. The van der Waals surface area contributed by atoms with Crippen LogP contribution in [0.2, 0.25) is 0 Å².